The fraction of sp³-hybridized carbons (Fsp3) is 0.333. The minimum atomic E-state index is -0.127. The van der Waals surface area contributed by atoms with Gasteiger partial charge in [-0.2, -0.15) is 5.10 Å². The summed E-state index contributed by atoms with van der Waals surface area (Å²) < 4.78 is 0. The zero-order chi connectivity index (χ0) is 21.8. The third kappa shape index (κ3) is 4.88. The van der Waals surface area contributed by atoms with E-state index in [1.54, 1.807) is 4.90 Å². The first-order chi connectivity index (χ1) is 15.0. The number of likely N-dealkylation sites (N-methyl/N-ethyl adjacent to an activating group) is 2. The molecule has 31 heavy (non-hydrogen) atoms. The maximum atomic E-state index is 13.0. The van der Waals surface area contributed by atoms with Crippen molar-refractivity contribution in [1.29, 1.82) is 0 Å². The number of aromatic amines is 1. The summed E-state index contributed by atoms with van der Waals surface area (Å²) in [6.45, 7) is 2.64. The fourth-order valence-electron chi connectivity index (χ4n) is 4.08. The molecule has 1 aromatic heterocycles. The summed E-state index contributed by atoms with van der Waals surface area (Å²) in [7, 11) is 6.08. The molecule has 1 aliphatic rings. The average Bonchev–Trinajstić information content (AvgIpc) is 3.46. The summed E-state index contributed by atoms with van der Waals surface area (Å²) in [6.07, 6.45) is 4.80. The number of nitrogens with zero attached hydrogens (tertiary/aromatic N) is 4. The van der Waals surface area contributed by atoms with Gasteiger partial charge in [-0.05, 0) is 43.3 Å². The van der Waals surface area contributed by atoms with Gasteiger partial charge in [-0.1, -0.05) is 36.4 Å². The molecule has 0 spiro atoms. The van der Waals surface area contributed by atoms with Gasteiger partial charge < -0.3 is 20.0 Å². The molecular weight excluding hydrogens is 388 g/mol. The Morgan fingerprint density at radius 3 is 2.68 bits per heavy atom. The van der Waals surface area contributed by atoms with Gasteiger partial charge in [0.25, 0.3) is 0 Å². The van der Waals surface area contributed by atoms with Crippen molar-refractivity contribution >= 4 is 17.4 Å². The molecule has 7 nitrogen and oxygen atoms in total. The number of anilines is 2. The second-order valence-corrected chi connectivity index (χ2v) is 8.31. The number of urea groups is 1. The molecule has 4 rings (SSSR count). The van der Waals surface area contributed by atoms with Crippen LogP contribution in [-0.4, -0.2) is 66.3 Å². The van der Waals surface area contributed by atoms with E-state index in [2.05, 4.69) is 45.5 Å². The summed E-state index contributed by atoms with van der Waals surface area (Å²) >= 11 is 0. The zero-order valence-corrected chi connectivity index (χ0v) is 18.4. The molecule has 1 atom stereocenters. The van der Waals surface area contributed by atoms with Crippen LogP contribution in [0.15, 0.2) is 60.9 Å². The largest absolute Gasteiger partial charge is 0.369 e. The molecule has 1 unspecified atom stereocenters. The highest BCUT2D eigenvalue weighted by molar-refractivity contribution is 5.94. The molecule has 0 saturated carbocycles. The third-order valence-electron chi connectivity index (χ3n) is 5.97. The molecule has 2 amide bonds. The average molecular weight is 419 g/mol. The van der Waals surface area contributed by atoms with Crippen LogP contribution in [0.25, 0.3) is 11.1 Å². The molecule has 7 heteroatoms. The number of amides is 2. The van der Waals surface area contributed by atoms with E-state index in [0.717, 1.165) is 47.6 Å². The molecule has 0 bridgehead atoms. The number of benzene rings is 2. The summed E-state index contributed by atoms with van der Waals surface area (Å²) in [4.78, 5) is 19.3. The zero-order valence-electron chi connectivity index (χ0n) is 18.4. The quantitative estimate of drug-likeness (QED) is 0.638. The molecule has 3 aromatic rings. The highest BCUT2D eigenvalue weighted by atomic mass is 16.2. The lowest BCUT2D eigenvalue weighted by Crippen LogP contribution is -2.35. The molecule has 2 aromatic carbocycles. The van der Waals surface area contributed by atoms with E-state index in [4.69, 9.17) is 0 Å². The molecule has 1 saturated heterocycles. The van der Waals surface area contributed by atoms with E-state index < -0.39 is 0 Å². The topological polar surface area (TPSA) is 67.5 Å². The number of aromatic nitrogens is 2. The Kier molecular flexibility index (Phi) is 6.23. The first kappa shape index (κ1) is 20.9. The van der Waals surface area contributed by atoms with Crippen LogP contribution in [0.5, 0.6) is 0 Å². The van der Waals surface area contributed by atoms with E-state index in [1.807, 2.05) is 61.9 Å². The van der Waals surface area contributed by atoms with Gasteiger partial charge in [-0.25, -0.2) is 4.79 Å². The van der Waals surface area contributed by atoms with Crippen molar-refractivity contribution in [3.63, 3.8) is 0 Å². The van der Waals surface area contributed by atoms with Gasteiger partial charge in [0.15, 0.2) is 0 Å². The lowest BCUT2D eigenvalue weighted by Gasteiger charge is -2.30. The summed E-state index contributed by atoms with van der Waals surface area (Å²) in [6, 6.07) is 16.4. The monoisotopic (exact) mass is 418 g/mol. The Bertz CT molecular complexity index is 1000. The van der Waals surface area contributed by atoms with Gasteiger partial charge in [-0.15, -0.1) is 0 Å². The van der Waals surface area contributed by atoms with Gasteiger partial charge in [0.2, 0.25) is 0 Å². The SMILES string of the molecule is CN1CCC(N(C)c2cc(-c3cn[nH]c3)ccc2NC(=O)N(C)Cc2ccccc2)C1. The standard InChI is InChI=1S/C24H30N6O/c1-28-12-11-21(17-28)30(3)23-13-19(20-14-25-26-15-20)9-10-22(23)27-24(31)29(2)16-18-7-5-4-6-8-18/h4-10,13-15,21H,11-12,16-17H2,1-3H3,(H,25,26)(H,27,31). The summed E-state index contributed by atoms with van der Waals surface area (Å²) in [5.41, 5.74) is 5.02. The number of carbonyl (C=O) groups excluding carboxylic acids is 1. The molecule has 0 aliphatic carbocycles. The summed E-state index contributed by atoms with van der Waals surface area (Å²) in [5, 5.41) is 10.1. The minimum absolute atomic E-state index is 0.127. The Labute approximate surface area is 183 Å². The maximum absolute atomic E-state index is 13.0. The van der Waals surface area contributed by atoms with Gasteiger partial charge >= 0.3 is 6.03 Å². The van der Waals surface area contributed by atoms with Crippen LogP contribution in [0, 0.1) is 0 Å². The lowest BCUT2D eigenvalue weighted by molar-refractivity contribution is 0.220. The second-order valence-electron chi connectivity index (χ2n) is 8.31. The Morgan fingerprint density at radius 1 is 1.19 bits per heavy atom. The van der Waals surface area contributed by atoms with Crippen LogP contribution >= 0.6 is 0 Å². The van der Waals surface area contributed by atoms with Crippen molar-refractivity contribution in [2.45, 2.75) is 19.0 Å². The van der Waals surface area contributed by atoms with Crippen LogP contribution in [-0.2, 0) is 6.54 Å². The highest BCUT2D eigenvalue weighted by Crippen LogP contribution is 2.33. The van der Waals surface area contributed by atoms with E-state index >= 15 is 0 Å². The maximum Gasteiger partial charge on any atom is 0.321 e. The Morgan fingerprint density at radius 2 is 2.00 bits per heavy atom. The molecule has 1 aliphatic heterocycles. The normalized spacial score (nSPS) is 16.3. The van der Waals surface area contributed by atoms with Crippen LogP contribution in [0.3, 0.4) is 0 Å². The lowest BCUT2D eigenvalue weighted by atomic mass is 10.1. The number of hydrogen-bond acceptors (Lipinski definition) is 4. The van der Waals surface area contributed by atoms with Crippen molar-refractivity contribution < 1.29 is 4.79 Å². The Hall–Kier alpha value is -3.32. The fourth-order valence-corrected chi connectivity index (χ4v) is 4.08. The molecular formula is C24H30N6O. The van der Waals surface area contributed by atoms with Crippen LogP contribution < -0.4 is 10.2 Å². The summed E-state index contributed by atoms with van der Waals surface area (Å²) in [5.74, 6) is 0. The van der Waals surface area contributed by atoms with Crippen LogP contribution in [0.2, 0.25) is 0 Å². The highest BCUT2D eigenvalue weighted by Gasteiger charge is 2.26. The van der Waals surface area contributed by atoms with Gasteiger partial charge in [-0.3, -0.25) is 5.10 Å². The van der Waals surface area contributed by atoms with Crippen molar-refractivity contribution in [1.82, 2.24) is 20.0 Å². The molecule has 1 fully saturated rings. The number of H-pyrrole nitrogens is 1. The van der Waals surface area contributed by atoms with Crippen molar-refractivity contribution in [2.24, 2.45) is 0 Å². The first-order valence-electron chi connectivity index (χ1n) is 10.6. The molecule has 162 valence electrons. The van der Waals surface area contributed by atoms with Crippen LogP contribution in [0.1, 0.15) is 12.0 Å². The Balaban J connectivity index is 1.57. The predicted molar refractivity (Wildman–Crippen MR) is 125 cm³/mol. The number of rotatable bonds is 6. The van der Waals surface area contributed by atoms with E-state index in [1.165, 1.54) is 0 Å². The number of carbonyl (C=O) groups is 1. The molecule has 2 N–H and O–H groups in total. The van der Waals surface area contributed by atoms with Gasteiger partial charge in [0.1, 0.15) is 0 Å². The van der Waals surface area contributed by atoms with Gasteiger partial charge in [0, 0.05) is 45.0 Å². The third-order valence-corrected chi connectivity index (χ3v) is 5.97. The molecule has 2 heterocycles. The second kappa shape index (κ2) is 9.22. The van der Waals surface area contributed by atoms with E-state index in [0.29, 0.717) is 12.6 Å². The number of nitrogens with one attached hydrogen (secondary N) is 2. The van der Waals surface area contributed by atoms with Crippen molar-refractivity contribution in [3.05, 3.63) is 66.5 Å². The van der Waals surface area contributed by atoms with Crippen molar-refractivity contribution in [3.8, 4) is 11.1 Å². The number of hydrogen-bond donors (Lipinski definition) is 2. The van der Waals surface area contributed by atoms with Crippen LogP contribution in [0.4, 0.5) is 16.2 Å². The van der Waals surface area contributed by atoms with Gasteiger partial charge in [0.05, 0.1) is 17.6 Å². The van der Waals surface area contributed by atoms with E-state index in [9.17, 15) is 4.79 Å². The smallest absolute Gasteiger partial charge is 0.321 e. The molecule has 0 radical (unpaired) electrons. The van der Waals surface area contributed by atoms with Crippen molar-refractivity contribution in [2.75, 3.05) is 44.4 Å². The first-order valence-corrected chi connectivity index (χ1v) is 10.6. The van der Waals surface area contributed by atoms with E-state index in [-0.39, 0.29) is 6.03 Å². The number of likely N-dealkylation sites (tertiary alicyclic amines) is 1. The minimum Gasteiger partial charge on any atom is -0.369 e. The predicted octanol–water partition coefficient (Wildman–Crippen LogP) is 3.88.